The predicted octanol–water partition coefficient (Wildman–Crippen LogP) is 3.11. The number of carboxylic acid groups (broad SMARTS) is 1. The van der Waals surface area contributed by atoms with E-state index in [1.54, 1.807) is 31.3 Å². The number of nitrogens with two attached hydrogens (primary N) is 1. The molecule has 28 heavy (non-hydrogen) atoms. The van der Waals surface area contributed by atoms with Crippen molar-refractivity contribution in [3.8, 4) is 11.3 Å². The van der Waals surface area contributed by atoms with Gasteiger partial charge in [0.1, 0.15) is 12.0 Å². The Morgan fingerprint density at radius 1 is 1.18 bits per heavy atom. The number of aromatic nitrogens is 2. The third-order valence-electron chi connectivity index (χ3n) is 3.16. The molecule has 0 radical (unpaired) electrons. The molecule has 152 valence electrons. The highest BCUT2D eigenvalue weighted by molar-refractivity contribution is 6.42. The average molecular weight is 439 g/mol. The number of hydrogen-bond donors (Lipinski definition) is 2. The Balaban J connectivity index is 0.000000480. The summed E-state index contributed by atoms with van der Waals surface area (Å²) in [6.45, 7) is 0.859. The van der Waals surface area contributed by atoms with Gasteiger partial charge < -0.3 is 15.7 Å². The Labute approximate surface area is 167 Å². The van der Waals surface area contributed by atoms with Gasteiger partial charge in [0.15, 0.2) is 0 Å². The van der Waals surface area contributed by atoms with Gasteiger partial charge in [0.2, 0.25) is 0 Å². The molecule has 0 saturated carbocycles. The van der Waals surface area contributed by atoms with E-state index in [0.29, 0.717) is 34.5 Å². The Morgan fingerprint density at radius 3 is 2.29 bits per heavy atom. The number of nitrogens with zero attached hydrogens (tertiary/aromatic N) is 3. The van der Waals surface area contributed by atoms with Crippen LogP contribution in [0.2, 0.25) is 10.0 Å². The molecule has 0 bridgehead atoms. The molecule has 0 atom stereocenters. The number of rotatable bonds is 4. The molecule has 1 aromatic heterocycles. The number of alkyl halides is 3. The molecule has 1 heterocycles. The summed E-state index contributed by atoms with van der Waals surface area (Å²) in [6.07, 6.45) is -3.73. The molecule has 7 nitrogen and oxygen atoms in total. The van der Waals surface area contributed by atoms with Crippen molar-refractivity contribution < 1.29 is 27.9 Å². The lowest BCUT2D eigenvalue weighted by Crippen LogP contribution is -2.32. The quantitative estimate of drug-likeness (QED) is 0.758. The van der Waals surface area contributed by atoms with Crippen LogP contribution in [0.4, 0.5) is 13.2 Å². The van der Waals surface area contributed by atoms with Crippen molar-refractivity contribution in [1.29, 1.82) is 0 Å². The van der Waals surface area contributed by atoms with Gasteiger partial charge >= 0.3 is 12.1 Å². The highest BCUT2D eigenvalue weighted by atomic mass is 35.5. The van der Waals surface area contributed by atoms with Crippen molar-refractivity contribution in [2.24, 2.45) is 5.73 Å². The molecular formula is C16H15Cl2F3N4O3. The van der Waals surface area contributed by atoms with Crippen molar-refractivity contribution in [3.05, 3.63) is 46.3 Å². The van der Waals surface area contributed by atoms with Crippen molar-refractivity contribution in [3.63, 3.8) is 0 Å². The normalized spacial score (nSPS) is 10.7. The molecule has 0 unspecified atom stereocenters. The number of likely N-dealkylation sites (N-methyl/N-ethyl adjacent to an activating group) is 1. The lowest BCUT2D eigenvalue weighted by atomic mass is 10.1. The third-order valence-corrected chi connectivity index (χ3v) is 3.89. The van der Waals surface area contributed by atoms with E-state index in [2.05, 4.69) is 9.97 Å². The van der Waals surface area contributed by atoms with E-state index in [1.807, 2.05) is 0 Å². The minimum absolute atomic E-state index is 0.204. The Hall–Kier alpha value is -2.43. The number of carbonyl (C=O) groups excluding carboxylic acids is 1. The Kier molecular flexibility index (Phi) is 8.61. The first kappa shape index (κ1) is 23.6. The molecule has 2 aromatic rings. The van der Waals surface area contributed by atoms with Gasteiger partial charge in [0, 0.05) is 25.7 Å². The van der Waals surface area contributed by atoms with Crippen molar-refractivity contribution >= 4 is 35.1 Å². The summed E-state index contributed by atoms with van der Waals surface area (Å²) in [5, 5.41) is 8.02. The van der Waals surface area contributed by atoms with Crippen LogP contribution >= 0.6 is 23.2 Å². The number of carboxylic acids is 1. The van der Waals surface area contributed by atoms with Crippen LogP contribution in [-0.2, 0) is 4.79 Å². The maximum atomic E-state index is 12.2. The van der Waals surface area contributed by atoms with Crippen LogP contribution in [0.3, 0.4) is 0 Å². The number of hydrogen-bond acceptors (Lipinski definition) is 5. The van der Waals surface area contributed by atoms with Crippen LogP contribution in [0.15, 0.2) is 30.6 Å². The molecule has 1 aromatic carbocycles. The fraction of sp³-hybridized carbons (Fsp3) is 0.250. The molecule has 1 amide bonds. The summed E-state index contributed by atoms with van der Waals surface area (Å²) in [5.74, 6) is -2.96. The fourth-order valence-electron chi connectivity index (χ4n) is 1.78. The maximum Gasteiger partial charge on any atom is 0.490 e. The zero-order valence-electron chi connectivity index (χ0n) is 14.4. The van der Waals surface area contributed by atoms with Gasteiger partial charge in [-0.25, -0.2) is 14.8 Å². The Bertz CT molecular complexity index is 850. The molecule has 0 aliphatic rings. The van der Waals surface area contributed by atoms with Crippen LogP contribution < -0.4 is 5.73 Å². The van der Waals surface area contributed by atoms with Crippen molar-refractivity contribution in [2.75, 3.05) is 20.1 Å². The lowest BCUT2D eigenvalue weighted by Gasteiger charge is -2.15. The molecule has 0 spiro atoms. The number of aliphatic carboxylic acids is 1. The molecule has 0 saturated heterocycles. The number of amides is 1. The van der Waals surface area contributed by atoms with Gasteiger partial charge in [-0.3, -0.25) is 4.79 Å². The topological polar surface area (TPSA) is 109 Å². The molecule has 12 heteroatoms. The summed E-state index contributed by atoms with van der Waals surface area (Å²) in [7, 11) is 1.68. The second-order valence-corrected chi connectivity index (χ2v) is 6.05. The zero-order valence-corrected chi connectivity index (χ0v) is 15.9. The second-order valence-electron chi connectivity index (χ2n) is 5.24. The Morgan fingerprint density at radius 2 is 1.79 bits per heavy atom. The smallest absolute Gasteiger partial charge is 0.475 e. The van der Waals surface area contributed by atoms with E-state index in [0.717, 1.165) is 5.56 Å². The third kappa shape index (κ3) is 6.95. The predicted molar refractivity (Wildman–Crippen MR) is 97.2 cm³/mol. The van der Waals surface area contributed by atoms with E-state index in [4.69, 9.17) is 38.8 Å². The minimum Gasteiger partial charge on any atom is -0.475 e. The first-order valence-electron chi connectivity index (χ1n) is 7.50. The fourth-order valence-corrected chi connectivity index (χ4v) is 2.08. The largest absolute Gasteiger partial charge is 0.490 e. The number of benzene rings is 1. The molecule has 0 aliphatic heterocycles. The first-order valence-corrected chi connectivity index (χ1v) is 8.26. The monoisotopic (exact) mass is 438 g/mol. The van der Waals surface area contributed by atoms with Crippen molar-refractivity contribution in [1.82, 2.24) is 14.9 Å². The van der Waals surface area contributed by atoms with Gasteiger partial charge in [-0.1, -0.05) is 29.3 Å². The standard InChI is InChI=1S/C14H14Cl2N4O.C2HF3O2/c1-20(5-4-17)14(21)13-7-12(18-8-19-13)9-2-3-10(15)11(16)6-9;3-2(4,5)1(6)7/h2-3,6-8H,4-5,17H2,1H3;(H,6,7). The molecule has 0 aliphatic carbocycles. The van der Waals surface area contributed by atoms with Gasteiger partial charge in [-0.2, -0.15) is 13.2 Å². The van der Waals surface area contributed by atoms with Crippen molar-refractivity contribution in [2.45, 2.75) is 6.18 Å². The van der Waals surface area contributed by atoms with Crippen LogP contribution in [0.5, 0.6) is 0 Å². The van der Waals surface area contributed by atoms with E-state index in [-0.39, 0.29) is 5.91 Å². The van der Waals surface area contributed by atoms with E-state index >= 15 is 0 Å². The summed E-state index contributed by atoms with van der Waals surface area (Å²) in [6, 6.07) is 6.79. The first-order chi connectivity index (χ1) is 13.0. The SMILES string of the molecule is CN(CCN)C(=O)c1cc(-c2ccc(Cl)c(Cl)c2)ncn1.O=C(O)C(F)(F)F. The second kappa shape index (κ2) is 10.2. The van der Waals surface area contributed by atoms with Crippen LogP contribution in [0.25, 0.3) is 11.3 Å². The minimum atomic E-state index is -5.08. The summed E-state index contributed by atoms with van der Waals surface area (Å²) < 4.78 is 31.7. The highest BCUT2D eigenvalue weighted by Gasteiger charge is 2.38. The van der Waals surface area contributed by atoms with Gasteiger partial charge in [0.05, 0.1) is 15.7 Å². The number of carbonyl (C=O) groups is 2. The number of halogens is 5. The lowest BCUT2D eigenvalue weighted by molar-refractivity contribution is -0.192. The van der Waals surface area contributed by atoms with E-state index < -0.39 is 12.1 Å². The summed E-state index contributed by atoms with van der Waals surface area (Å²) in [5.41, 5.74) is 7.12. The van der Waals surface area contributed by atoms with E-state index in [9.17, 15) is 18.0 Å². The van der Waals surface area contributed by atoms with Crippen LogP contribution in [0, 0.1) is 0 Å². The summed E-state index contributed by atoms with van der Waals surface area (Å²) >= 11 is 11.9. The molecule has 0 fully saturated rings. The van der Waals surface area contributed by atoms with Gasteiger partial charge in [-0.15, -0.1) is 0 Å². The zero-order chi connectivity index (χ0) is 21.5. The highest BCUT2D eigenvalue weighted by Crippen LogP contribution is 2.27. The molecular weight excluding hydrogens is 424 g/mol. The van der Waals surface area contributed by atoms with Gasteiger partial charge in [0.25, 0.3) is 5.91 Å². The molecule has 3 N–H and O–H groups in total. The van der Waals surface area contributed by atoms with E-state index in [1.165, 1.54) is 11.2 Å². The van der Waals surface area contributed by atoms with Crippen LogP contribution in [-0.4, -0.2) is 58.2 Å². The average Bonchev–Trinajstić information content (AvgIpc) is 2.63. The molecule has 2 rings (SSSR count). The van der Waals surface area contributed by atoms with Crippen LogP contribution in [0.1, 0.15) is 10.5 Å². The maximum absolute atomic E-state index is 12.2. The summed E-state index contributed by atoms with van der Waals surface area (Å²) in [4.78, 5) is 30.7. The van der Waals surface area contributed by atoms with Gasteiger partial charge in [-0.05, 0) is 18.2 Å².